The Labute approximate surface area is 130 Å². The van der Waals surface area contributed by atoms with Gasteiger partial charge in [0.15, 0.2) is 0 Å². The van der Waals surface area contributed by atoms with Gasteiger partial charge in [-0.3, -0.25) is 19.3 Å². The normalized spacial score (nSPS) is 14.6. The second kappa shape index (κ2) is 6.13. The fourth-order valence-corrected chi connectivity index (χ4v) is 2.16. The van der Waals surface area contributed by atoms with E-state index in [4.69, 9.17) is 0 Å². The van der Waals surface area contributed by atoms with E-state index in [0.29, 0.717) is 5.56 Å². The summed E-state index contributed by atoms with van der Waals surface area (Å²) in [6, 6.07) is 7.44. The third-order valence-corrected chi connectivity index (χ3v) is 3.53. The van der Waals surface area contributed by atoms with Gasteiger partial charge in [-0.2, -0.15) is 0 Å². The summed E-state index contributed by atoms with van der Waals surface area (Å²) in [6.07, 6.45) is 2.46. The van der Waals surface area contributed by atoms with Gasteiger partial charge in [-0.15, -0.1) is 0 Å². The van der Waals surface area contributed by atoms with E-state index in [0.717, 1.165) is 10.5 Å². The van der Waals surface area contributed by atoms with Crippen molar-refractivity contribution in [1.29, 1.82) is 0 Å². The smallest absolute Gasteiger partial charge is 0.253 e. The number of amides is 3. The summed E-state index contributed by atoms with van der Waals surface area (Å²) in [5.74, 6) is -0.893. The molecule has 3 amide bonds. The summed E-state index contributed by atoms with van der Waals surface area (Å²) >= 11 is 0. The molecule has 1 N–H and O–H groups in total. The van der Waals surface area contributed by atoms with E-state index in [1.807, 2.05) is 12.1 Å². The molecule has 0 atom stereocenters. The molecule has 2 rings (SSSR count). The van der Waals surface area contributed by atoms with E-state index >= 15 is 0 Å². The minimum absolute atomic E-state index is 0.0402. The van der Waals surface area contributed by atoms with Crippen LogP contribution in [-0.2, 0) is 15.0 Å². The molecule has 1 aliphatic heterocycles. The maximum Gasteiger partial charge on any atom is 0.253 e. The van der Waals surface area contributed by atoms with Crippen molar-refractivity contribution < 1.29 is 14.4 Å². The third-order valence-electron chi connectivity index (χ3n) is 3.53. The van der Waals surface area contributed by atoms with Crippen molar-refractivity contribution in [2.75, 3.05) is 13.1 Å². The predicted octanol–water partition coefficient (Wildman–Crippen LogP) is 1.64. The van der Waals surface area contributed by atoms with Crippen molar-refractivity contribution >= 4 is 17.7 Å². The molecule has 0 bridgehead atoms. The molecule has 5 nitrogen and oxygen atoms in total. The van der Waals surface area contributed by atoms with Gasteiger partial charge in [0.05, 0.1) is 0 Å². The van der Waals surface area contributed by atoms with Gasteiger partial charge in [-0.25, -0.2) is 0 Å². The molecule has 1 heterocycles. The molecule has 0 saturated heterocycles. The van der Waals surface area contributed by atoms with Crippen LogP contribution in [0.15, 0.2) is 36.4 Å². The summed E-state index contributed by atoms with van der Waals surface area (Å²) in [6.45, 7) is 6.75. The molecule has 0 aromatic heterocycles. The van der Waals surface area contributed by atoms with Crippen LogP contribution in [-0.4, -0.2) is 35.7 Å². The van der Waals surface area contributed by atoms with Crippen LogP contribution in [0, 0.1) is 0 Å². The number of benzene rings is 1. The van der Waals surface area contributed by atoms with E-state index in [-0.39, 0.29) is 36.2 Å². The summed E-state index contributed by atoms with van der Waals surface area (Å²) in [5, 5.41) is 2.71. The van der Waals surface area contributed by atoms with Crippen LogP contribution in [0.1, 0.15) is 36.7 Å². The number of rotatable bonds is 4. The SMILES string of the molecule is CC(C)(C)c1ccc(C(=O)NCCN2C(=O)C=CC2=O)cc1. The van der Waals surface area contributed by atoms with Gasteiger partial charge in [0.2, 0.25) is 0 Å². The zero-order valence-electron chi connectivity index (χ0n) is 13.1. The molecule has 22 heavy (non-hydrogen) atoms. The first-order chi connectivity index (χ1) is 10.3. The minimum Gasteiger partial charge on any atom is -0.350 e. The fourth-order valence-electron chi connectivity index (χ4n) is 2.16. The van der Waals surface area contributed by atoms with Crippen LogP contribution in [0.2, 0.25) is 0 Å². The second-order valence-electron chi connectivity index (χ2n) is 6.24. The van der Waals surface area contributed by atoms with Crippen LogP contribution in [0.4, 0.5) is 0 Å². The van der Waals surface area contributed by atoms with Gasteiger partial charge < -0.3 is 5.32 Å². The molecule has 1 aromatic rings. The molecule has 0 radical (unpaired) electrons. The van der Waals surface area contributed by atoms with E-state index in [2.05, 4.69) is 26.1 Å². The summed E-state index contributed by atoms with van der Waals surface area (Å²) in [4.78, 5) is 35.9. The molecule has 116 valence electrons. The predicted molar refractivity (Wildman–Crippen MR) is 83.3 cm³/mol. The number of carbonyl (C=O) groups is 3. The highest BCUT2D eigenvalue weighted by Crippen LogP contribution is 2.22. The molecular formula is C17H20N2O3. The average molecular weight is 300 g/mol. The number of carbonyl (C=O) groups excluding carboxylic acids is 3. The highest BCUT2D eigenvalue weighted by molar-refractivity contribution is 6.12. The lowest BCUT2D eigenvalue weighted by Crippen LogP contribution is -2.38. The summed E-state index contributed by atoms with van der Waals surface area (Å²) in [7, 11) is 0. The maximum absolute atomic E-state index is 12.0. The zero-order valence-corrected chi connectivity index (χ0v) is 13.1. The van der Waals surface area contributed by atoms with Crippen molar-refractivity contribution in [3.8, 4) is 0 Å². The highest BCUT2D eigenvalue weighted by Gasteiger charge is 2.22. The van der Waals surface area contributed by atoms with Crippen molar-refractivity contribution in [3.05, 3.63) is 47.5 Å². The van der Waals surface area contributed by atoms with Crippen LogP contribution < -0.4 is 5.32 Å². The van der Waals surface area contributed by atoms with Gasteiger partial charge in [0.1, 0.15) is 0 Å². The van der Waals surface area contributed by atoms with E-state index in [1.165, 1.54) is 12.2 Å². The lowest BCUT2D eigenvalue weighted by atomic mass is 9.87. The molecular weight excluding hydrogens is 280 g/mol. The first-order valence-electron chi connectivity index (χ1n) is 7.21. The van der Waals surface area contributed by atoms with Gasteiger partial charge >= 0.3 is 0 Å². The average Bonchev–Trinajstić information content (AvgIpc) is 2.78. The minimum atomic E-state index is -0.339. The number of hydrogen-bond donors (Lipinski definition) is 1. The molecule has 0 saturated carbocycles. The van der Waals surface area contributed by atoms with Crippen molar-refractivity contribution in [2.45, 2.75) is 26.2 Å². The molecule has 0 unspecified atom stereocenters. The highest BCUT2D eigenvalue weighted by atomic mass is 16.2. The second-order valence-corrected chi connectivity index (χ2v) is 6.24. The maximum atomic E-state index is 12.0. The Balaban J connectivity index is 1.88. The molecule has 0 aliphatic carbocycles. The monoisotopic (exact) mass is 300 g/mol. The molecule has 1 aliphatic rings. The number of hydrogen-bond acceptors (Lipinski definition) is 3. The number of nitrogens with zero attached hydrogens (tertiary/aromatic N) is 1. The van der Waals surface area contributed by atoms with Gasteiger partial charge in [-0.1, -0.05) is 32.9 Å². The fraction of sp³-hybridized carbons (Fsp3) is 0.353. The Hall–Kier alpha value is -2.43. The van der Waals surface area contributed by atoms with Crippen LogP contribution >= 0.6 is 0 Å². The van der Waals surface area contributed by atoms with Crippen LogP contribution in [0.3, 0.4) is 0 Å². The lowest BCUT2D eigenvalue weighted by Gasteiger charge is -2.19. The Morgan fingerprint density at radius 1 is 1.05 bits per heavy atom. The van der Waals surface area contributed by atoms with Crippen LogP contribution in [0.5, 0.6) is 0 Å². The van der Waals surface area contributed by atoms with E-state index < -0.39 is 0 Å². The van der Waals surface area contributed by atoms with E-state index in [1.54, 1.807) is 12.1 Å². The summed E-state index contributed by atoms with van der Waals surface area (Å²) < 4.78 is 0. The van der Waals surface area contributed by atoms with Gasteiger partial charge in [-0.05, 0) is 23.1 Å². The summed E-state index contributed by atoms with van der Waals surface area (Å²) in [5.41, 5.74) is 1.76. The standard InChI is InChI=1S/C17H20N2O3/c1-17(2,3)13-6-4-12(5-7-13)16(22)18-10-11-19-14(20)8-9-15(19)21/h4-9H,10-11H2,1-3H3,(H,18,22). The molecule has 1 aromatic carbocycles. The third kappa shape index (κ3) is 3.61. The molecule has 0 fully saturated rings. The Morgan fingerprint density at radius 2 is 1.59 bits per heavy atom. The van der Waals surface area contributed by atoms with Gasteiger partial charge in [0, 0.05) is 30.8 Å². The van der Waals surface area contributed by atoms with Gasteiger partial charge in [0.25, 0.3) is 17.7 Å². The Morgan fingerprint density at radius 3 is 2.09 bits per heavy atom. The zero-order chi connectivity index (χ0) is 16.3. The largest absolute Gasteiger partial charge is 0.350 e. The number of imide groups is 1. The quantitative estimate of drug-likeness (QED) is 0.860. The first-order valence-corrected chi connectivity index (χ1v) is 7.21. The number of nitrogens with one attached hydrogen (secondary N) is 1. The van der Waals surface area contributed by atoms with Crippen LogP contribution in [0.25, 0.3) is 0 Å². The Bertz CT molecular complexity index is 606. The van der Waals surface area contributed by atoms with Crippen molar-refractivity contribution in [3.63, 3.8) is 0 Å². The van der Waals surface area contributed by atoms with E-state index in [9.17, 15) is 14.4 Å². The first kappa shape index (κ1) is 15.9. The molecule has 5 heteroatoms. The van der Waals surface area contributed by atoms with Crippen molar-refractivity contribution in [2.24, 2.45) is 0 Å². The lowest BCUT2D eigenvalue weighted by molar-refractivity contribution is -0.136. The Kier molecular flexibility index (Phi) is 4.45. The topological polar surface area (TPSA) is 66.5 Å². The van der Waals surface area contributed by atoms with Crippen molar-refractivity contribution in [1.82, 2.24) is 10.2 Å². The molecule has 0 spiro atoms.